The molecule has 0 spiro atoms. The molecular weight excluding hydrogens is 283 g/mol. The minimum absolute atomic E-state index is 0.0695. The summed E-state index contributed by atoms with van der Waals surface area (Å²) in [5, 5.41) is 5.54. The number of hydrogen-bond acceptors (Lipinski definition) is 2. The lowest BCUT2D eigenvalue weighted by molar-refractivity contribution is -0.121. The van der Waals surface area contributed by atoms with Gasteiger partial charge in [0.05, 0.1) is 6.42 Å². The summed E-state index contributed by atoms with van der Waals surface area (Å²) in [5.74, 6) is -0.413. The summed E-state index contributed by atoms with van der Waals surface area (Å²) in [4.78, 5) is 23.3. The van der Waals surface area contributed by atoms with Gasteiger partial charge in [-0.1, -0.05) is 18.7 Å². The third-order valence-electron chi connectivity index (χ3n) is 3.72. The lowest BCUT2D eigenvalue weighted by Crippen LogP contribution is -2.39. The van der Waals surface area contributed by atoms with Crippen molar-refractivity contribution in [2.45, 2.75) is 44.3 Å². The van der Waals surface area contributed by atoms with Crippen molar-refractivity contribution in [1.29, 1.82) is 0 Å². The number of halogens is 1. The van der Waals surface area contributed by atoms with Crippen LogP contribution in [-0.4, -0.2) is 24.0 Å². The van der Waals surface area contributed by atoms with Crippen LogP contribution in [-0.2, 0) is 16.0 Å². The summed E-state index contributed by atoms with van der Waals surface area (Å²) in [6, 6.07) is 7.03. The number of alkyl halides is 1. The van der Waals surface area contributed by atoms with Gasteiger partial charge >= 0.3 is 0 Å². The zero-order valence-corrected chi connectivity index (χ0v) is 12.5. The first-order valence-corrected chi connectivity index (χ1v) is 7.52. The summed E-state index contributed by atoms with van der Waals surface area (Å²) in [5.41, 5.74) is 1.42. The van der Waals surface area contributed by atoms with E-state index in [2.05, 4.69) is 17.2 Å². The number of nitrogens with one attached hydrogen (secondary N) is 2. The summed E-state index contributed by atoms with van der Waals surface area (Å²) in [6.45, 7) is 3.39. The Kier molecular flexibility index (Phi) is 5.69. The van der Waals surface area contributed by atoms with Crippen LogP contribution >= 0.6 is 0 Å². The average Bonchev–Trinajstić information content (AvgIpc) is 2.47. The molecule has 0 aliphatic heterocycles. The van der Waals surface area contributed by atoms with Crippen LogP contribution in [0.25, 0.3) is 0 Å². The predicted octanol–water partition coefficient (Wildman–Crippen LogP) is 2.75. The van der Waals surface area contributed by atoms with E-state index in [1.165, 1.54) is 6.08 Å². The van der Waals surface area contributed by atoms with Crippen LogP contribution in [0, 0.1) is 0 Å². The maximum absolute atomic E-state index is 13.3. The van der Waals surface area contributed by atoms with Gasteiger partial charge in [0.15, 0.2) is 0 Å². The van der Waals surface area contributed by atoms with Gasteiger partial charge in [-0.3, -0.25) is 9.59 Å². The van der Waals surface area contributed by atoms with E-state index in [0.29, 0.717) is 18.5 Å². The Morgan fingerprint density at radius 2 is 2.18 bits per heavy atom. The Morgan fingerprint density at radius 3 is 2.91 bits per heavy atom. The Hall–Kier alpha value is -2.17. The SMILES string of the molecule is C=CC(=O)Nc1cccc(CC(=O)NC2CCCC(F)C2)c1. The van der Waals surface area contributed by atoms with Gasteiger partial charge < -0.3 is 10.6 Å². The molecule has 0 radical (unpaired) electrons. The smallest absolute Gasteiger partial charge is 0.247 e. The predicted molar refractivity (Wildman–Crippen MR) is 84.3 cm³/mol. The fraction of sp³-hybridized carbons (Fsp3) is 0.412. The first-order chi connectivity index (χ1) is 10.6. The standard InChI is InChI=1S/C17H21FN2O2/c1-2-16(21)19-14-7-3-5-12(9-14)10-17(22)20-15-8-4-6-13(18)11-15/h2-3,5,7,9,13,15H,1,4,6,8,10-11H2,(H,19,21)(H,20,22). The Balaban J connectivity index is 1.89. The number of anilines is 1. The maximum atomic E-state index is 13.3. The maximum Gasteiger partial charge on any atom is 0.247 e. The summed E-state index contributed by atoms with van der Waals surface area (Å²) in [7, 11) is 0. The van der Waals surface area contributed by atoms with Crippen molar-refractivity contribution < 1.29 is 14.0 Å². The number of benzene rings is 1. The molecule has 22 heavy (non-hydrogen) atoms. The van der Waals surface area contributed by atoms with Gasteiger partial charge in [0.1, 0.15) is 6.17 Å². The topological polar surface area (TPSA) is 58.2 Å². The zero-order valence-electron chi connectivity index (χ0n) is 12.5. The Morgan fingerprint density at radius 1 is 1.36 bits per heavy atom. The number of carbonyl (C=O) groups excluding carboxylic acids is 2. The lowest BCUT2D eigenvalue weighted by Gasteiger charge is -2.25. The first kappa shape index (κ1) is 16.2. The molecule has 1 saturated carbocycles. The molecule has 1 aromatic rings. The second kappa shape index (κ2) is 7.73. The van der Waals surface area contributed by atoms with Crippen LogP contribution in [0.3, 0.4) is 0 Å². The largest absolute Gasteiger partial charge is 0.353 e. The average molecular weight is 304 g/mol. The molecule has 2 unspecified atom stereocenters. The van der Waals surface area contributed by atoms with Gasteiger partial charge in [-0.2, -0.15) is 0 Å². The molecule has 0 saturated heterocycles. The molecule has 0 heterocycles. The highest BCUT2D eigenvalue weighted by Crippen LogP contribution is 2.21. The molecule has 0 bridgehead atoms. The van der Waals surface area contributed by atoms with Crippen LogP contribution in [0.4, 0.5) is 10.1 Å². The number of rotatable bonds is 5. The van der Waals surface area contributed by atoms with Crippen LogP contribution in [0.5, 0.6) is 0 Å². The van der Waals surface area contributed by atoms with E-state index < -0.39 is 6.17 Å². The van der Waals surface area contributed by atoms with Crippen molar-refractivity contribution in [2.24, 2.45) is 0 Å². The third kappa shape index (κ3) is 4.98. The molecule has 4 nitrogen and oxygen atoms in total. The fourth-order valence-electron chi connectivity index (χ4n) is 2.68. The van der Waals surface area contributed by atoms with E-state index in [1.807, 2.05) is 6.07 Å². The van der Waals surface area contributed by atoms with Gasteiger partial charge in [-0.15, -0.1) is 0 Å². The van der Waals surface area contributed by atoms with E-state index in [0.717, 1.165) is 18.4 Å². The minimum Gasteiger partial charge on any atom is -0.353 e. The molecule has 1 fully saturated rings. The zero-order chi connectivity index (χ0) is 15.9. The summed E-state index contributed by atoms with van der Waals surface area (Å²) < 4.78 is 13.3. The molecule has 1 aliphatic rings. The van der Waals surface area contributed by atoms with Crippen molar-refractivity contribution in [1.82, 2.24) is 5.32 Å². The van der Waals surface area contributed by atoms with Crippen LogP contribution in [0.1, 0.15) is 31.2 Å². The second-order valence-electron chi connectivity index (χ2n) is 5.60. The molecule has 2 atom stereocenters. The highest BCUT2D eigenvalue weighted by atomic mass is 19.1. The molecule has 5 heteroatoms. The monoisotopic (exact) mass is 304 g/mol. The van der Waals surface area contributed by atoms with Crippen LogP contribution in [0.15, 0.2) is 36.9 Å². The molecule has 1 aromatic carbocycles. The van der Waals surface area contributed by atoms with Crippen LogP contribution in [0.2, 0.25) is 0 Å². The van der Waals surface area contributed by atoms with Crippen molar-refractivity contribution in [3.8, 4) is 0 Å². The van der Waals surface area contributed by atoms with Crippen LogP contribution < -0.4 is 10.6 Å². The molecular formula is C17H21FN2O2. The highest BCUT2D eigenvalue weighted by molar-refractivity contribution is 5.98. The molecule has 1 aliphatic carbocycles. The third-order valence-corrected chi connectivity index (χ3v) is 3.72. The molecule has 118 valence electrons. The number of amides is 2. The minimum atomic E-state index is -0.809. The van der Waals surface area contributed by atoms with Gasteiger partial charge in [0.2, 0.25) is 11.8 Å². The van der Waals surface area contributed by atoms with Gasteiger partial charge in [-0.05, 0) is 49.5 Å². The van der Waals surface area contributed by atoms with E-state index in [-0.39, 0.29) is 24.3 Å². The van der Waals surface area contributed by atoms with Crippen molar-refractivity contribution in [3.63, 3.8) is 0 Å². The molecule has 2 rings (SSSR count). The van der Waals surface area contributed by atoms with Gasteiger partial charge in [-0.25, -0.2) is 4.39 Å². The normalized spacial score (nSPS) is 21.0. The van der Waals surface area contributed by atoms with Crippen molar-refractivity contribution in [2.75, 3.05) is 5.32 Å². The number of carbonyl (C=O) groups is 2. The van der Waals surface area contributed by atoms with E-state index >= 15 is 0 Å². The first-order valence-electron chi connectivity index (χ1n) is 7.52. The van der Waals surface area contributed by atoms with E-state index in [1.54, 1.807) is 18.2 Å². The van der Waals surface area contributed by atoms with Crippen molar-refractivity contribution in [3.05, 3.63) is 42.5 Å². The molecule has 2 N–H and O–H groups in total. The van der Waals surface area contributed by atoms with Gasteiger partial charge in [0, 0.05) is 11.7 Å². The fourth-order valence-corrected chi connectivity index (χ4v) is 2.68. The quantitative estimate of drug-likeness (QED) is 0.822. The van der Waals surface area contributed by atoms with E-state index in [9.17, 15) is 14.0 Å². The second-order valence-corrected chi connectivity index (χ2v) is 5.60. The van der Waals surface area contributed by atoms with E-state index in [4.69, 9.17) is 0 Å². The Labute approximate surface area is 129 Å². The highest BCUT2D eigenvalue weighted by Gasteiger charge is 2.22. The number of hydrogen-bond donors (Lipinski definition) is 2. The lowest BCUT2D eigenvalue weighted by atomic mass is 9.94. The summed E-state index contributed by atoms with van der Waals surface area (Å²) >= 11 is 0. The molecule has 0 aromatic heterocycles. The van der Waals surface area contributed by atoms with Gasteiger partial charge in [0.25, 0.3) is 0 Å². The molecule has 2 amide bonds. The summed E-state index contributed by atoms with van der Waals surface area (Å²) in [6.07, 6.45) is 3.24. The Bertz CT molecular complexity index is 559. The van der Waals surface area contributed by atoms with Crippen molar-refractivity contribution >= 4 is 17.5 Å².